The zero-order valence-electron chi connectivity index (χ0n) is 12.6. The van der Waals surface area contributed by atoms with Crippen molar-refractivity contribution >= 4 is 43.9 Å². The van der Waals surface area contributed by atoms with Gasteiger partial charge in [0, 0.05) is 4.88 Å². The molecule has 0 fully saturated rings. The topological polar surface area (TPSA) is 51.2 Å². The molecule has 4 nitrogen and oxygen atoms in total. The number of benzene rings is 1. The van der Waals surface area contributed by atoms with Crippen LogP contribution in [0.1, 0.15) is 27.0 Å². The number of aromatic nitrogens is 1. The summed E-state index contributed by atoms with van der Waals surface area (Å²) in [7, 11) is 1.63. The van der Waals surface area contributed by atoms with E-state index in [1.54, 1.807) is 7.11 Å². The van der Waals surface area contributed by atoms with Crippen molar-refractivity contribution in [1.29, 1.82) is 0 Å². The number of aryl methyl sites for hydroxylation is 2. The predicted octanol–water partition coefficient (Wildman–Crippen LogP) is 4.49. The summed E-state index contributed by atoms with van der Waals surface area (Å²) in [6.07, 6.45) is 0.941. The van der Waals surface area contributed by atoms with E-state index in [1.165, 1.54) is 33.1 Å². The summed E-state index contributed by atoms with van der Waals surface area (Å²) in [6.45, 7) is 4.14. The maximum Gasteiger partial charge on any atom is 0.267 e. The fourth-order valence-corrected chi connectivity index (χ4v) is 4.13. The van der Waals surface area contributed by atoms with Gasteiger partial charge in [0.1, 0.15) is 5.75 Å². The molecule has 0 unspecified atom stereocenters. The highest BCUT2D eigenvalue weighted by Crippen LogP contribution is 2.30. The van der Waals surface area contributed by atoms with Crippen molar-refractivity contribution < 1.29 is 9.53 Å². The van der Waals surface area contributed by atoms with Crippen LogP contribution in [0.25, 0.3) is 10.2 Å². The summed E-state index contributed by atoms with van der Waals surface area (Å²) in [4.78, 5) is 18.7. The molecular weight excluding hydrogens is 316 g/mol. The highest BCUT2D eigenvalue weighted by molar-refractivity contribution is 7.22. The minimum Gasteiger partial charge on any atom is -0.497 e. The number of carbonyl (C=O) groups is 1. The molecule has 1 aromatic carbocycles. The third-order valence-electron chi connectivity index (χ3n) is 3.44. The van der Waals surface area contributed by atoms with Gasteiger partial charge in [-0.2, -0.15) is 0 Å². The number of ether oxygens (including phenoxy) is 1. The van der Waals surface area contributed by atoms with Crippen LogP contribution in [0, 0.1) is 6.92 Å². The minimum atomic E-state index is -0.0983. The van der Waals surface area contributed by atoms with Crippen molar-refractivity contribution in [3.8, 4) is 5.75 Å². The number of carbonyl (C=O) groups excluding carboxylic acids is 1. The third kappa shape index (κ3) is 2.84. The third-order valence-corrected chi connectivity index (χ3v) is 5.47. The molecule has 2 aromatic heterocycles. The molecule has 0 bridgehead atoms. The minimum absolute atomic E-state index is 0.0983. The van der Waals surface area contributed by atoms with Gasteiger partial charge in [-0.15, -0.1) is 11.3 Å². The number of fused-ring (bicyclic) bond motifs is 1. The Kier molecular flexibility index (Phi) is 4.13. The zero-order valence-corrected chi connectivity index (χ0v) is 14.2. The first kappa shape index (κ1) is 15.0. The summed E-state index contributed by atoms with van der Waals surface area (Å²) in [5.41, 5.74) is 2.09. The smallest absolute Gasteiger partial charge is 0.267 e. The van der Waals surface area contributed by atoms with Crippen LogP contribution in [-0.2, 0) is 6.42 Å². The van der Waals surface area contributed by atoms with Gasteiger partial charge >= 0.3 is 0 Å². The van der Waals surface area contributed by atoms with Gasteiger partial charge in [-0.3, -0.25) is 10.1 Å². The Labute approximate surface area is 136 Å². The first-order valence-electron chi connectivity index (χ1n) is 6.96. The summed E-state index contributed by atoms with van der Waals surface area (Å²) in [5.74, 6) is 0.689. The Morgan fingerprint density at radius 1 is 1.32 bits per heavy atom. The van der Waals surface area contributed by atoms with Crippen molar-refractivity contribution in [1.82, 2.24) is 4.98 Å². The van der Waals surface area contributed by atoms with Crippen molar-refractivity contribution in [2.24, 2.45) is 0 Å². The number of anilines is 1. The fraction of sp³-hybridized carbons (Fsp3) is 0.250. The highest BCUT2D eigenvalue weighted by atomic mass is 32.1. The van der Waals surface area contributed by atoms with E-state index in [2.05, 4.69) is 17.2 Å². The van der Waals surface area contributed by atoms with E-state index in [1.807, 2.05) is 31.2 Å². The molecule has 0 aliphatic carbocycles. The molecule has 0 saturated heterocycles. The summed E-state index contributed by atoms with van der Waals surface area (Å²) in [5, 5.41) is 3.50. The van der Waals surface area contributed by atoms with Gasteiger partial charge in [0.15, 0.2) is 5.13 Å². The Hall–Kier alpha value is -1.92. The molecule has 1 N–H and O–H groups in total. The molecule has 0 aliphatic heterocycles. The summed E-state index contributed by atoms with van der Waals surface area (Å²) >= 11 is 2.97. The lowest BCUT2D eigenvalue weighted by atomic mass is 10.2. The van der Waals surface area contributed by atoms with Crippen LogP contribution in [0.2, 0.25) is 0 Å². The Bertz CT molecular complexity index is 836. The number of nitrogens with zero attached hydrogens (tertiary/aromatic N) is 1. The molecule has 3 aromatic rings. The van der Waals surface area contributed by atoms with Gasteiger partial charge in [-0.1, -0.05) is 18.3 Å². The van der Waals surface area contributed by atoms with Crippen LogP contribution in [-0.4, -0.2) is 18.0 Å². The lowest BCUT2D eigenvalue weighted by molar-refractivity contribution is 0.103. The maximum atomic E-state index is 12.3. The van der Waals surface area contributed by atoms with Crippen molar-refractivity contribution in [3.63, 3.8) is 0 Å². The number of amides is 1. The number of hydrogen-bond donors (Lipinski definition) is 1. The lowest BCUT2D eigenvalue weighted by Crippen LogP contribution is -2.09. The van der Waals surface area contributed by atoms with E-state index in [9.17, 15) is 4.79 Å². The van der Waals surface area contributed by atoms with Gasteiger partial charge in [-0.05, 0) is 43.2 Å². The van der Waals surface area contributed by atoms with E-state index in [-0.39, 0.29) is 5.91 Å². The maximum absolute atomic E-state index is 12.3. The number of hydrogen-bond acceptors (Lipinski definition) is 5. The number of rotatable bonds is 4. The van der Waals surface area contributed by atoms with Crippen LogP contribution in [0.5, 0.6) is 5.75 Å². The SMILES string of the molecule is CCc1cc(C(=O)Nc2nc3ccc(OC)cc3s2)sc1C. The molecule has 0 spiro atoms. The lowest BCUT2D eigenvalue weighted by Gasteiger charge is -1.97. The van der Waals surface area contributed by atoms with Gasteiger partial charge in [0.05, 0.1) is 22.2 Å². The quantitative estimate of drug-likeness (QED) is 0.766. The second-order valence-electron chi connectivity index (χ2n) is 4.85. The highest BCUT2D eigenvalue weighted by Gasteiger charge is 2.14. The Morgan fingerprint density at radius 2 is 2.14 bits per heavy atom. The molecule has 0 aliphatic rings. The molecule has 114 valence electrons. The second kappa shape index (κ2) is 6.06. The van der Waals surface area contributed by atoms with Crippen LogP contribution >= 0.6 is 22.7 Å². The van der Waals surface area contributed by atoms with Crippen molar-refractivity contribution in [2.75, 3.05) is 12.4 Å². The summed E-state index contributed by atoms with van der Waals surface area (Å²) < 4.78 is 6.20. The van der Waals surface area contributed by atoms with E-state index in [4.69, 9.17) is 4.74 Å². The molecule has 22 heavy (non-hydrogen) atoms. The van der Waals surface area contributed by atoms with Crippen LogP contribution in [0.4, 0.5) is 5.13 Å². The molecule has 2 heterocycles. The number of methoxy groups -OCH3 is 1. The molecule has 3 rings (SSSR count). The molecule has 1 amide bonds. The largest absolute Gasteiger partial charge is 0.497 e. The molecule has 0 radical (unpaired) electrons. The Balaban J connectivity index is 1.84. The monoisotopic (exact) mass is 332 g/mol. The average molecular weight is 332 g/mol. The summed E-state index contributed by atoms with van der Waals surface area (Å²) in [6, 6.07) is 7.65. The zero-order chi connectivity index (χ0) is 15.7. The molecular formula is C16H16N2O2S2. The molecule has 0 saturated carbocycles. The average Bonchev–Trinajstić information content (AvgIpc) is 3.08. The normalized spacial score (nSPS) is 10.9. The van der Waals surface area contributed by atoms with Gasteiger partial charge in [0.2, 0.25) is 0 Å². The molecule has 6 heteroatoms. The van der Waals surface area contributed by atoms with E-state index in [0.717, 1.165) is 27.3 Å². The number of thiophene rings is 1. The van der Waals surface area contributed by atoms with E-state index >= 15 is 0 Å². The standard InChI is InChI=1S/C16H16N2O2S2/c1-4-10-7-14(21-9(10)2)15(19)18-16-17-12-6-5-11(20-3)8-13(12)22-16/h5-8H,4H2,1-3H3,(H,17,18,19). The van der Waals surface area contributed by atoms with E-state index in [0.29, 0.717) is 5.13 Å². The van der Waals surface area contributed by atoms with Crippen molar-refractivity contribution in [3.05, 3.63) is 39.6 Å². The van der Waals surface area contributed by atoms with Crippen molar-refractivity contribution in [2.45, 2.75) is 20.3 Å². The van der Waals surface area contributed by atoms with Crippen LogP contribution in [0.3, 0.4) is 0 Å². The first-order chi connectivity index (χ1) is 10.6. The van der Waals surface area contributed by atoms with Crippen LogP contribution in [0.15, 0.2) is 24.3 Å². The first-order valence-corrected chi connectivity index (χ1v) is 8.59. The van der Waals surface area contributed by atoms with Crippen LogP contribution < -0.4 is 10.1 Å². The number of nitrogens with one attached hydrogen (secondary N) is 1. The molecule has 0 atom stereocenters. The Morgan fingerprint density at radius 3 is 2.82 bits per heavy atom. The second-order valence-corrected chi connectivity index (χ2v) is 7.14. The van der Waals surface area contributed by atoms with E-state index < -0.39 is 0 Å². The van der Waals surface area contributed by atoms with Gasteiger partial charge in [-0.25, -0.2) is 4.98 Å². The fourth-order valence-electron chi connectivity index (χ4n) is 2.23. The van der Waals surface area contributed by atoms with Gasteiger partial charge in [0.25, 0.3) is 5.91 Å². The van der Waals surface area contributed by atoms with Gasteiger partial charge < -0.3 is 4.74 Å². The predicted molar refractivity (Wildman–Crippen MR) is 92.6 cm³/mol. The number of thiazole rings is 1.